The Morgan fingerprint density at radius 1 is 0.900 bits per heavy atom. The molecule has 0 amide bonds. The standard InChI is InChI=1S/C26H27FN2O/c27-22-13-11-20(12-14-22)15-17-28-16-5-7-23(28)18-29-24-8-2-1-6-21(24)19-30-26-10-4-3-9-25(26)29/h1-4,6,8-14,23H,5,7,15-19H2. The van der Waals surface area contributed by atoms with Crippen molar-refractivity contribution in [3.8, 4) is 5.75 Å². The molecule has 2 heterocycles. The van der Waals surface area contributed by atoms with Gasteiger partial charge in [-0.2, -0.15) is 0 Å². The summed E-state index contributed by atoms with van der Waals surface area (Å²) >= 11 is 0. The van der Waals surface area contributed by atoms with E-state index in [4.69, 9.17) is 4.74 Å². The minimum atomic E-state index is -0.168. The quantitative estimate of drug-likeness (QED) is 0.555. The number of rotatable bonds is 5. The van der Waals surface area contributed by atoms with Crippen LogP contribution in [0.15, 0.2) is 72.8 Å². The molecule has 3 nitrogen and oxygen atoms in total. The first kappa shape index (κ1) is 19.1. The molecule has 1 saturated heterocycles. The highest BCUT2D eigenvalue weighted by atomic mass is 19.1. The van der Waals surface area contributed by atoms with Gasteiger partial charge < -0.3 is 9.64 Å². The van der Waals surface area contributed by atoms with E-state index in [1.54, 1.807) is 12.1 Å². The van der Waals surface area contributed by atoms with Crippen LogP contribution in [0, 0.1) is 5.82 Å². The molecule has 4 heteroatoms. The average molecular weight is 403 g/mol. The first-order chi connectivity index (χ1) is 14.8. The van der Waals surface area contributed by atoms with E-state index in [1.165, 1.54) is 29.7 Å². The summed E-state index contributed by atoms with van der Waals surface area (Å²) in [6.45, 7) is 3.67. The van der Waals surface area contributed by atoms with Crippen LogP contribution >= 0.6 is 0 Å². The van der Waals surface area contributed by atoms with E-state index in [1.807, 2.05) is 18.2 Å². The molecule has 0 spiro atoms. The molecule has 30 heavy (non-hydrogen) atoms. The third-order valence-corrected chi connectivity index (χ3v) is 6.31. The molecule has 1 atom stereocenters. The molecule has 5 rings (SSSR count). The first-order valence-corrected chi connectivity index (χ1v) is 10.8. The van der Waals surface area contributed by atoms with Crippen molar-refractivity contribution >= 4 is 11.4 Å². The van der Waals surface area contributed by atoms with E-state index in [2.05, 4.69) is 52.3 Å². The lowest BCUT2D eigenvalue weighted by molar-refractivity contribution is 0.261. The molecule has 0 radical (unpaired) electrons. The van der Waals surface area contributed by atoms with Crippen LogP contribution in [0.4, 0.5) is 15.8 Å². The third kappa shape index (κ3) is 3.92. The smallest absolute Gasteiger partial charge is 0.143 e. The molecule has 0 saturated carbocycles. The van der Waals surface area contributed by atoms with Gasteiger partial charge in [0.05, 0.1) is 5.69 Å². The van der Waals surface area contributed by atoms with Gasteiger partial charge in [0.15, 0.2) is 0 Å². The topological polar surface area (TPSA) is 15.7 Å². The summed E-state index contributed by atoms with van der Waals surface area (Å²) in [5, 5.41) is 0. The predicted molar refractivity (Wildman–Crippen MR) is 119 cm³/mol. The molecule has 0 N–H and O–H groups in total. The number of hydrogen-bond donors (Lipinski definition) is 0. The Kier molecular flexibility index (Phi) is 5.41. The first-order valence-electron chi connectivity index (χ1n) is 10.8. The molecule has 2 aliphatic heterocycles. The van der Waals surface area contributed by atoms with Crippen molar-refractivity contribution in [1.29, 1.82) is 0 Å². The second-order valence-corrected chi connectivity index (χ2v) is 8.20. The maximum Gasteiger partial charge on any atom is 0.143 e. The van der Waals surface area contributed by atoms with E-state index >= 15 is 0 Å². The van der Waals surface area contributed by atoms with Gasteiger partial charge in [0.2, 0.25) is 0 Å². The van der Waals surface area contributed by atoms with Crippen LogP contribution in [-0.4, -0.2) is 30.6 Å². The van der Waals surface area contributed by atoms with Gasteiger partial charge in [-0.1, -0.05) is 42.5 Å². The normalized spacial score (nSPS) is 18.4. The number of hydrogen-bond acceptors (Lipinski definition) is 3. The average Bonchev–Trinajstić information content (AvgIpc) is 3.16. The van der Waals surface area contributed by atoms with Crippen molar-refractivity contribution in [3.63, 3.8) is 0 Å². The second-order valence-electron chi connectivity index (χ2n) is 8.20. The molecule has 0 aromatic heterocycles. The van der Waals surface area contributed by atoms with Gasteiger partial charge in [0.25, 0.3) is 0 Å². The zero-order chi connectivity index (χ0) is 20.3. The van der Waals surface area contributed by atoms with Crippen LogP contribution in [0.25, 0.3) is 0 Å². The molecule has 154 valence electrons. The van der Waals surface area contributed by atoms with Crippen LogP contribution in [-0.2, 0) is 13.0 Å². The SMILES string of the molecule is Fc1ccc(CCN2CCCC2CN2c3ccccc3COc3ccccc32)cc1. The van der Waals surface area contributed by atoms with E-state index in [0.717, 1.165) is 37.5 Å². The number of benzene rings is 3. The molecule has 3 aromatic carbocycles. The fourth-order valence-corrected chi connectivity index (χ4v) is 4.71. The van der Waals surface area contributed by atoms with Crippen molar-refractivity contribution in [2.75, 3.05) is 24.5 Å². The molecule has 0 bridgehead atoms. The lowest BCUT2D eigenvalue weighted by Crippen LogP contribution is -2.39. The van der Waals surface area contributed by atoms with Crippen molar-refractivity contribution in [2.24, 2.45) is 0 Å². The Labute approximate surface area is 177 Å². The summed E-state index contributed by atoms with van der Waals surface area (Å²) in [6, 6.07) is 24.3. The lowest BCUT2D eigenvalue weighted by Gasteiger charge is -2.32. The Bertz CT molecular complexity index is 956. The Morgan fingerprint density at radius 3 is 2.53 bits per heavy atom. The van der Waals surface area contributed by atoms with E-state index in [9.17, 15) is 4.39 Å². The zero-order valence-electron chi connectivity index (χ0n) is 17.1. The molecule has 3 aromatic rings. The van der Waals surface area contributed by atoms with E-state index in [0.29, 0.717) is 12.6 Å². The zero-order valence-corrected chi connectivity index (χ0v) is 17.1. The van der Waals surface area contributed by atoms with Gasteiger partial charge >= 0.3 is 0 Å². The van der Waals surface area contributed by atoms with Gasteiger partial charge in [0.1, 0.15) is 18.2 Å². The van der Waals surface area contributed by atoms with E-state index < -0.39 is 0 Å². The number of para-hydroxylation sites is 3. The number of likely N-dealkylation sites (tertiary alicyclic amines) is 1. The molecule has 2 aliphatic rings. The third-order valence-electron chi connectivity index (χ3n) is 6.31. The molecule has 1 fully saturated rings. The second kappa shape index (κ2) is 8.49. The van der Waals surface area contributed by atoms with Crippen molar-refractivity contribution < 1.29 is 9.13 Å². The Morgan fingerprint density at radius 2 is 1.67 bits per heavy atom. The minimum absolute atomic E-state index is 0.168. The van der Waals surface area contributed by atoms with Crippen LogP contribution in [0.5, 0.6) is 5.75 Å². The fraction of sp³-hybridized carbons (Fsp3) is 0.308. The molecular formula is C26H27FN2O. The molecular weight excluding hydrogens is 375 g/mol. The highest BCUT2D eigenvalue weighted by molar-refractivity contribution is 5.72. The van der Waals surface area contributed by atoms with Crippen LogP contribution < -0.4 is 9.64 Å². The summed E-state index contributed by atoms with van der Waals surface area (Å²) in [5.74, 6) is 0.781. The maximum atomic E-state index is 13.2. The molecule has 0 aliphatic carbocycles. The van der Waals surface area contributed by atoms with Crippen molar-refractivity contribution in [2.45, 2.75) is 31.9 Å². The van der Waals surface area contributed by atoms with Crippen molar-refractivity contribution in [3.05, 3.63) is 89.7 Å². The minimum Gasteiger partial charge on any atom is -0.487 e. The van der Waals surface area contributed by atoms with Crippen LogP contribution in [0.3, 0.4) is 0 Å². The fourth-order valence-electron chi connectivity index (χ4n) is 4.71. The highest BCUT2D eigenvalue weighted by Crippen LogP contribution is 2.40. The maximum absolute atomic E-state index is 13.2. The lowest BCUT2D eigenvalue weighted by atomic mass is 10.1. The number of ether oxygens (including phenoxy) is 1. The largest absolute Gasteiger partial charge is 0.487 e. The summed E-state index contributed by atoms with van der Waals surface area (Å²) in [6.07, 6.45) is 3.37. The van der Waals surface area contributed by atoms with Gasteiger partial charge in [-0.05, 0) is 61.7 Å². The van der Waals surface area contributed by atoms with Crippen molar-refractivity contribution in [1.82, 2.24) is 4.90 Å². The summed E-state index contributed by atoms with van der Waals surface area (Å²) < 4.78 is 19.3. The van der Waals surface area contributed by atoms with Gasteiger partial charge in [-0.15, -0.1) is 0 Å². The Balaban J connectivity index is 1.37. The van der Waals surface area contributed by atoms with Gasteiger partial charge in [-0.25, -0.2) is 4.39 Å². The highest BCUT2D eigenvalue weighted by Gasteiger charge is 2.29. The molecule has 1 unspecified atom stereocenters. The predicted octanol–water partition coefficient (Wildman–Crippen LogP) is 5.56. The van der Waals surface area contributed by atoms with Gasteiger partial charge in [0, 0.05) is 30.4 Å². The number of halogens is 1. The number of nitrogens with zero attached hydrogens (tertiary/aromatic N) is 2. The van der Waals surface area contributed by atoms with Crippen LogP contribution in [0.1, 0.15) is 24.0 Å². The summed E-state index contributed by atoms with van der Waals surface area (Å²) in [5.41, 5.74) is 4.81. The van der Waals surface area contributed by atoms with Crippen LogP contribution in [0.2, 0.25) is 0 Å². The van der Waals surface area contributed by atoms with Gasteiger partial charge in [-0.3, -0.25) is 4.90 Å². The number of anilines is 2. The Hall–Kier alpha value is -2.85. The summed E-state index contributed by atoms with van der Waals surface area (Å²) in [4.78, 5) is 5.04. The summed E-state index contributed by atoms with van der Waals surface area (Å²) in [7, 11) is 0. The monoisotopic (exact) mass is 402 g/mol. The number of fused-ring (bicyclic) bond motifs is 2. The van der Waals surface area contributed by atoms with E-state index in [-0.39, 0.29) is 5.82 Å².